The van der Waals surface area contributed by atoms with E-state index < -0.39 is 0 Å². The molecule has 1 nitrogen and oxygen atoms in total. The fourth-order valence-electron chi connectivity index (χ4n) is 7.69. The second-order valence-electron chi connectivity index (χ2n) is 12.9. The van der Waals surface area contributed by atoms with Gasteiger partial charge < -0.3 is 4.42 Å². The van der Waals surface area contributed by atoms with Crippen LogP contribution in [0.4, 0.5) is 0 Å². The van der Waals surface area contributed by atoms with Gasteiger partial charge in [-0.3, -0.25) is 0 Å². The van der Waals surface area contributed by atoms with Gasteiger partial charge in [-0.15, -0.1) is 0 Å². The lowest BCUT2D eigenvalue weighted by molar-refractivity contribution is 0.669. The van der Waals surface area contributed by atoms with Crippen LogP contribution in [0.3, 0.4) is 0 Å². The SMILES string of the molecule is c1ccc(-c2cccc3c(-c4ccc5c(c4)oc4ccccc45)c4cccc(-c5ccc(-c6ccc7ccccc7c6)cc5)c4cc23)cc1. The van der Waals surface area contributed by atoms with Crippen molar-refractivity contribution in [2.45, 2.75) is 0 Å². The lowest BCUT2D eigenvalue weighted by atomic mass is 9.86. The molecule has 0 aliphatic heterocycles. The number of furan rings is 1. The minimum absolute atomic E-state index is 0.906. The molecular formula is C48H30O. The van der Waals surface area contributed by atoms with Crippen LogP contribution in [-0.2, 0) is 0 Å². The van der Waals surface area contributed by atoms with Gasteiger partial charge >= 0.3 is 0 Å². The second-order valence-corrected chi connectivity index (χ2v) is 12.9. The van der Waals surface area contributed by atoms with Crippen molar-refractivity contribution >= 4 is 54.3 Å². The minimum atomic E-state index is 0.906. The molecule has 228 valence electrons. The Kier molecular flexibility index (Phi) is 6.25. The largest absolute Gasteiger partial charge is 0.456 e. The van der Waals surface area contributed by atoms with Crippen LogP contribution < -0.4 is 0 Å². The van der Waals surface area contributed by atoms with E-state index in [9.17, 15) is 0 Å². The summed E-state index contributed by atoms with van der Waals surface area (Å²) in [5.41, 5.74) is 11.5. The zero-order chi connectivity index (χ0) is 32.3. The van der Waals surface area contributed by atoms with E-state index >= 15 is 0 Å². The molecule has 0 aliphatic rings. The third-order valence-corrected chi connectivity index (χ3v) is 10.1. The highest BCUT2D eigenvalue weighted by atomic mass is 16.3. The number of para-hydroxylation sites is 1. The van der Waals surface area contributed by atoms with Gasteiger partial charge in [0.1, 0.15) is 11.2 Å². The zero-order valence-corrected chi connectivity index (χ0v) is 26.7. The van der Waals surface area contributed by atoms with Crippen molar-refractivity contribution in [3.05, 3.63) is 182 Å². The Balaban J connectivity index is 1.20. The van der Waals surface area contributed by atoms with Gasteiger partial charge in [0.25, 0.3) is 0 Å². The van der Waals surface area contributed by atoms with Crippen molar-refractivity contribution in [2.24, 2.45) is 0 Å². The third kappa shape index (κ3) is 4.55. The maximum atomic E-state index is 6.40. The summed E-state index contributed by atoms with van der Waals surface area (Å²) in [6, 6.07) is 65.9. The molecule has 0 bridgehead atoms. The predicted molar refractivity (Wildman–Crippen MR) is 208 cm³/mol. The van der Waals surface area contributed by atoms with Gasteiger partial charge in [-0.05, 0) is 107 Å². The monoisotopic (exact) mass is 622 g/mol. The highest BCUT2D eigenvalue weighted by Crippen LogP contribution is 2.44. The van der Waals surface area contributed by atoms with Gasteiger partial charge in [0.05, 0.1) is 0 Å². The van der Waals surface area contributed by atoms with Crippen LogP contribution in [0.1, 0.15) is 0 Å². The van der Waals surface area contributed by atoms with Crippen LogP contribution in [0.2, 0.25) is 0 Å². The molecule has 10 rings (SSSR count). The number of benzene rings is 9. The van der Waals surface area contributed by atoms with Gasteiger partial charge in [-0.25, -0.2) is 0 Å². The molecule has 0 fully saturated rings. The second kappa shape index (κ2) is 11.1. The molecule has 49 heavy (non-hydrogen) atoms. The summed E-state index contributed by atoms with van der Waals surface area (Å²) in [5.74, 6) is 0. The van der Waals surface area contributed by atoms with Crippen LogP contribution in [0.5, 0.6) is 0 Å². The Hall–Kier alpha value is -6.44. The molecule has 0 N–H and O–H groups in total. The van der Waals surface area contributed by atoms with Crippen molar-refractivity contribution in [1.29, 1.82) is 0 Å². The number of hydrogen-bond acceptors (Lipinski definition) is 1. The molecule has 0 spiro atoms. The van der Waals surface area contributed by atoms with Gasteiger partial charge in [0.15, 0.2) is 0 Å². The summed E-state index contributed by atoms with van der Waals surface area (Å²) < 4.78 is 6.40. The molecule has 10 aromatic rings. The summed E-state index contributed by atoms with van der Waals surface area (Å²) in [6.45, 7) is 0. The molecular weight excluding hydrogens is 593 g/mol. The van der Waals surface area contributed by atoms with E-state index in [1.54, 1.807) is 0 Å². The van der Waals surface area contributed by atoms with Gasteiger partial charge in [-0.1, -0.05) is 152 Å². The molecule has 9 aromatic carbocycles. The molecule has 1 heteroatoms. The molecule has 0 unspecified atom stereocenters. The summed E-state index contributed by atoms with van der Waals surface area (Å²) >= 11 is 0. The normalized spacial score (nSPS) is 11.7. The van der Waals surface area contributed by atoms with Crippen molar-refractivity contribution in [3.63, 3.8) is 0 Å². The van der Waals surface area contributed by atoms with E-state index in [1.165, 1.54) is 71.3 Å². The van der Waals surface area contributed by atoms with Crippen molar-refractivity contribution < 1.29 is 4.42 Å². The van der Waals surface area contributed by atoms with E-state index in [0.717, 1.165) is 27.5 Å². The summed E-state index contributed by atoms with van der Waals surface area (Å²) in [5, 5.41) is 9.73. The fraction of sp³-hybridized carbons (Fsp3) is 0. The highest BCUT2D eigenvalue weighted by molar-refractivity contribution is 6.19. The van der Waals surface area contributed by atoms with Gasteiger partial charge in [0.2, 0.25) is 0 Å². The fourth-order valence-corrected chi connectivity index (χ4v) is 7.69. The maximum Gasteiger partial charge on any atom is 0.136 e. The van der Waals surface area contributed by atoms with E-state index in [-0.39, 0.29) is 0 Å². The Labute approximate surface area is 284 Å². The number of fused-ring (bicyclic) bond motifs is 6. The summed E-state index contributed by atoms with van der Waals surface area (Å²) in [6.07, 6.45) is 0. The molecule has 0 saturated carbocycles. The Morgan fingerprint density at radius 3 is 1.61 bits per heavy atom. The molecule has 0 aliphatic carbocycles. The first kappa shape index (κ1) is 27.7. The first-order chi connectivity index (χ1) is 24.3. The highest BCUT2D eigenvalue weighted by Gasteiger charge is 2.17. The average molecular weight is 623 g/mol. The smallest absolute Gasteiger partial charge is 0.136 e. The summed E-state index contributed by atoms with van der Waals surface area (Å²) in [4.78, 5) is 0. The Morgan fingerprint density at radius 2 is 0.837 bits per heavy atom. The number of rotatable bonds is 4. The van der Waals surface area contributed by atoms with Crippen molar-refractivity contribution in [2.75, 3.05) is 0 Å². The van der Waals surface area contributed by atoms with Crippen LogP contribution in [-0.4, -0.2) is 0 Å². The third-order valence-electron chi connectivity index (χ3n) is 10.1. The minimum Gasteiger partial charge on any atom is -0.456 e. The number of hydrogen-bond donors (Lipinski definition) is 0. The van der Waals surface area contributed by atoms with Gasteiger partial charge in [-0.2, -0.15) is 0 Å². The molecule has 1 heterocycles. The van der Waals surface area contributed by atoms with Crippen molar-refractivity contribution in [3.8, 4) is 44.5 Å². The molecule has 0 saturated heterocycles. The first-order valence-corrected chi connectivity index (χ1v) is 16.8. The van der Waals surface area contributed by atoms with E-state index in [4.69, 9.17) is 4.42 Å². The lowest BCUT2D eigenvalue weighted by Crippen LogP contribution is -1.90. The first-order valence-electron chi connectivity index (χ1n) is 16.8. The lowest BCUT2D eigenvalue weighted by Gasteiger charge is -2.17. The van der Waals surface area contributed by atoms with Crippen molar-refractivity contribution in [1.82, 2.24) is 0 Å². The van der Waals surface area contributed by atoms with E-state index in [1.807, 2.05) is 12.1 Å². The predicted octanol–water partition coefficient (Wildman–Crippen LogP) is 13.7. The van der Waals surface area contributed by atoms with Crippen LogP contribution in [0.25, 0.3) is 98.8 Å². The Morgan fingerprint density at radius 1 is 0.265 bits per heavy atom. The quantitative estimate of drug-likeness (QED) is 0.178. The molecule has 0 atom stereocenters. The van der Waals surface area contributed by atoms with Crippen LogP contribution in [0, 0.1) is 0 Å². The summed E-state index contributed by atoms with van der Waals surface area (Å²) in [7, 11) is 0. The standard InChI is InChI=1S/C48H30O/c1-2-11-33(12-3-1)38-15-8-17-42-44(38)30-45-39(34-23-20-32(21-24-34)36-25-22-31-10-4-5-13-35(31)28-36)16-9-18-43(45)48(42)37-26-27-41-40-14-6-7-19-46(40)49-47(41)29-37/h1-30H. The topological polar surface area (TPSA) is 13.1 Å². The molecule has 0 radical (unpaired) electrons. The molecule has 0 amide bonds. The Bertz CT molecular complexity index is 2860. The van der Waals surface area contributed by atoms with E-state index in [0.29, 0.717) is 0 Å². The van der Waals surface area contributed by atoms with Crippen LogP contribution >= 0.6 is 0 Å². The zero-order valence-electron chi connectivity index (χ0n) is 26.7. The van der Waals surface area contributed by atoms with Crippen LogP contribution in [0.15, 0.2) is 186 Å². The maximum absolute atomic E-state index is 6.40. The molecule has 1 aromatic heterocycles. The van der Waals surface area contributed by atoms with Gasteiger partial charge in [0, 0.05) is 10.8 Å². The average Bonchev–Trinajstić information content (AvgIpc) is 3.55. The van der Waals surface area contributed by atoms with E-state index in [2.05, 4.69) is 170 Å².